The summed E-state index contributed by atoms with van der Waals surface area (Å²) in [5.41, 5.74) is 3.78. The van der Waals surface area contributed by atoms with Crippen LogP contribution in [0.5, 0.6) is 5.75 Å². The largest absolute Gasteiger partial charge is 0.489 e. The zero-order chi connectivity index (χ0) is 19.9. The smallest absolute Gasteiger partial charge is 0.310 e. The van der Waals surface area contributed by atoms with Crippen molar-refractivity contribution in [2.45, 2.75) is 33.5 Å². The fraction of sp³-hybridized carbons (Fsp3) is 0.227. The highest BCUT2D eigenvalue weighted by Crippen LogP contribution is 2.18. The summed E-state index contributed by atoms with van der Waals surface area (Å²) < 4.78 is 16.2. The molecule has 142 valence electrons. The Morgan fingerprint density at radius 3 is 2.54 bits per heavy atom. The molecule has 0 saturated heterocycles. The van der Waals surface area contributed by atoms with Gasteiger partial charge in [-0.2, -0.15) is 5.26 Å². The molecule has 0 aliphatic heterocycles. The van der Waals surface area contributed by atoms with Crippen LogP contribution in [0.3, 0.4) is 0 Å². The average Bonchev–Trinajstić information content (AvgIpc) is 3.03. The Morgan fingerprint density at radius 1 is 1.11 bits per heavy atom. The van der Waals surface area contributed by atoms with Crippen LogP contribution in [0.25, 0.3) is 0 Å². The molecular formula is C22H20N2O4. The van der Waals surface area contributed by atoms with Gasteiger partial charge in [0, 0.05) is 5.56 Å². The lowest BCUT2D eigenvalue weighted by Gasteiger charge is -2.08. The van der Waals surface area contributed by atoms with Crippen LogP contribution in [-0.2, 0) is 29.2 Å². The minimum atomic E-state index is -0.350. The fourth-order valence-corrected chi connectivity index (χ4v) is 2.70. The average molecular weight is 376 g/mol. The first-order chi connectivity index (χ1) is 13.6. The van der Waals surface area contributed by atoms with Gasteiger partial charge in [-0.1, -0.05) is 35.5 Å². The molecule has 0 spiro atoms. The molecule has 0 aliphatic carbocycles. The van der Waals surface area contributed by atoms with E-state index in [1.54, 1.807) is 18.2 Å². The molecule has 0 N–H and O–H groups in total. The monoisotopic (exact) mass is 376 g/mol. The number of carbonyl (C=O) groups is 1. The van der Waals surface area contributed by atoms with E-state index >= 15 is 0 Å². The number of hydrogen-bond donors (Lipinski definition) is 0. The summed E-state index contributed by atoms with van der Waals surface area (Å²) in [6, 6.07) is 16.4. The van der Waals surface area contributed by atoms with Crippen molar-refractivity contribution in [3.63, 3.8) is 0 Å². The summed E-state index contributed by atoms with van der Waals surface area (Å²) in [6.07, 6.45) is 0.152. The molecule has 1 heterocycles. The molecule has 0 amide bonds. The molecule has 6 heteroatoms. The molecular weight excluding hydrogens is 356 g/mol. The van der Waals surface area contributed by atoms with Crippen LogP contribution in [0.2, 0.25) is 0 Å². The lowest BCUT2D eigenvalue weighted by atomic mass is 10.1. The van der Waals surface area contributed by atoms with Crippen molar-refractivity contribution in [2.24, 2.45) is 0 Å². The minimum Gasteiger partial charge on any atom is -0.489 e. The van der Waals surface area contributed by atoms with Crippen molar-refractivity contribution in [1.82, 2.24) is 5.16 Å². The summed E-state index contributed by atoms with van der Waals surface area (Å²) in [6.45, 7) is 4.18. The third kappa shape index (κ3) is 4.77. The predicted molar refractivity (Wildman–Crippen MR) is 101 cm³/mol. The molecule has 28 heavy (non-hydrogen) atoms. The highest BCUT2D eigenvalue weighted by Gasteiger charge is 2.10. The van der Waals surface area contributed by atoms with Crippen LogP contribution in [0, 0.1) is 25.2 Å². The quantitative estimate of drug-likeness (QED) is 0.579. The molecule has 0 atom stereocenters. The molecule has 0 fully saturated rings. The van der Waals surface area contributed by atoms with E-state index in [4.69, 9.17) is 19.3 Å². The highest BCUT2D eigenvalue weighted by molar-refractivity contribution is 5.72. The summed E-state index contributed by atoms with van der Waals surface area (Å²) >= 11 is 0. The van der Waals surface area contributed by atoms with Crippen LogP contribution < -0.4 is 4.74 Å². The molecule has 6 nitrogen and oxygen atoms in total. The molecule has 0 saturated carbocycles. The topological polar surface area (TPSA) is 85.3 Å². The van der Waals surface area contributed by atoms with Gasteiger partial charge in [-0.15, -0.1) is 0 Å². The Kier molecular flexibility index (Phi) is 6.07. The summed E-state index contributed by atoms with van der Waals surface area (Å²) in [5, 5.41) is 13.0. The number of nitriles is 1. The van der Waals surface area contributed by atoms with Gasteiger partial charge in [-0.3, -0.25) is 4.79 Å². The zero-order valence-electron chi connectivity index (χ0n) is 15.8. The lowest BCUT2D eigenvalue weighted by molar-refractivity contribution is -0.144. The van der Waals surface area contributed by atoms with E-state index < -0.39 is 0 Å². The second-order valence-electron chi connectivity index (χ2n) is 6.34. The van der Waals surface area contributed by atoms with Crippen molar-refractivity contribution in [3.05, 3.63) is 82.2 Å². The van der Waals surface area contributed by atoms with Gasteiger partial charge in [0.1, 0.15) is 24.7 Å². The predicted octanol–water partition coefficient (Wildman–Crippen LogP) is 4.03. The van der Waals surface area contributed by atoms with Gasteiger partial charge in [-0.25, -0.2) is 0 Å². The number of aromatic nitrogens is 1. The first-order valence-corrected chi connectivity index (χ1v) is 8.84. The van der Waals surface area contributed by atoms with E-state index in [1.807, 2.05) is 44.2 Å². The molecule has 0 unspecified atom stereocenters. The third-order valence-corrected chi connectivity index (χ3v) is 4.36. The number of hydrogen-bond acceptors (Lipinski definition) is 6. The lowest BCUT2D eigenvalue weighted by Crippen LogP contribution is -2.08. The Balaban J connectivity index is 1.51. The standard InChI is InChI=1S/C22H20N2O4/c1-15-21(16(2)28-24-15)14-26-20-9-7-17(8-10-20)11-22(25)27-13-19-6-4-3-5-18(19)12-23/h3-10H,11,13-14H2,1-2H3. The molecule has 3 rings (SSSR count). The van der Waals surface area contributed by atoms with Crippen molar-refractivity contribution < 1.29 is 18.8 Å². The zero-order valence-corrected chi connectivity index (χ0v) is 15.8. The summed E-state index contributed by atoms with van der Waals surface area (Å²) in [5.74, 6) is 1.09. The van der Waals surface area contributed by atoms with Crippen LogP contribution in [0.4, 0.5) is 0 Å². The first-order valence-electron chi connectivity index (χ1n) is 8.84. The van der Waals surface area contributed by atoms with Crippen molar-refractivity contribution in [1.29, 1.82) is 5.26 Å². The van der Waals surface area contributed by atoms with Gasteiger partial charge in [0.2, 0.25) is 0 Å². The molecule has 1 aromatic heterocycles. The van der Waals surface area contributed by atoms with Crippen LogP contribution in [0.15, 0.2) is 53.1 Å². The Labute approximate surface area is 163 Å². The number of carbonyl (C=O) groups excluding carboxylic acids is 1. The van der Waals surface area contributed by atoms with E-state index in [0.29, 0.717) is 23.5 Å². The molecule has 3 aromatic rings. The van der Waals surface area contributed by atoms with Crippen LogP contribution in [0.1, 0.15) is 33.7 Å². The van der Waals surface area contributed by atoms with Gasteiger partial charge in [0.25, 0.3) is 0 Å². The first kappa shape index (κ1) is 19.2. The summed E-state index contributed by atoms with van der Waals surface area (Å²) in [7, 11) is 0. The Morgan fingerprint density at radius 2 is 1.86 bits per heavy atom. The van der Waals surface area contributed by atoms with Crippen LogP contribution >= 0.6 is 0 Å². The number of nitrogens with zero attached hydrogens (tertiary/aromatic N) is 2. The number of benzene rings is 2. The number of aryl methyl sites for hydroxylation is 2. The number of rotatable bonds is 7. The van der Waals surface area contributed by atoms with Gasteiger partial charge in [0.15, 0.2) is 0 Å². The number of esters is 1. The second-order valence-corrected chi connectivity index (χ2v) is 6.34. The molecule has 0 aliphatic rings. The van der Waals surface area contributed by atoms with Gasteiger partial charge in [-0.05, 0) is 37.6 Å². The minimum absolute atomic E-state index is 0.0845. The van der Waals surface area contributed by atoms with E-state index in [1.165, 1.54) is 0 Å². The molecule has 2 aromatic carbocycles. The van der Waals surface area contributed by atoms with Crippen molar-refractivity contribution >= 4 is 5.97 Å². The van der Waals surface area contributed by atoms with Gasteiger partial charge >= 0.3 is 5.97 Å². The second kappa shape index (κ2) is 8.87. The van der Waals surface area contributed by atoms with E-state index in [0.717, 1.165) is 22.6 Å². The SMILES string of the molecule is Cc1noc(C)c1COc1ccc(CC(=O)OCc2ccccc2C#N)cc1. The maximum absolute atomic E-state index is 12.1. The van der Waals surface area contributed by atoms with Crippen LogP contribution in [-0.4, -0.2) is 11.1 Å². The highest BCUT2D eigenvalue weighted by atomic mass is 16.5. The van der Waals surface area contributed by atoms with Crippen molar-refractivity contribution in [3.8, 4) is 11.8 Å². The van der Waals surface area contributed by atoms with Gasteiger partial charge < -0.3 is 14.0 Å². The van der Waals surface area contributed by atoms with E-state index in [2.05, 4.69) is 11.2 Å². The van der Waals surface area contributed by atoms with E-state index in [-0.39, 0.29) is 19.0 Å². The summed E-state index contributed by atoms with van der Waals surface area (Å²) in [4.78, 5) is 12.1. The normalized spacial score (nSPS) is 10.3. The van der Waals surface area contributed by atoms with E-state index in [9.17, 15) is 4.79 Å². The maximum atomic E-state index is 12.1. The van der Waals surface area contributed by atoms with Crippen molar-refractivity contribution in [2.75, 3.05) is 0 Å². The number of ether oxygens (including phenoxy) is 2. The third-order valence-electron chi connectivity index (χ3n) is 4.36. The van der Waals surface area contributed by atoms with Gasteiger partial charge in [0.05, 0.1) is 29.3 Å². The molecule has 0 bridgehead atoms. The maximum Gasteiger partial charge on any atom is 0.310 e. The Bertz CT molecular complexity index is 981. The Hall–Kier alpha value is -3.59. The molecule has 0 radical (unpaired) electrons. The fourth-order valence-electron chi connectivity index (χ4n) is 2.70.